The molecular formula is C27H24Cl3FN4O. The average Bonchev–Trinajstić information content (AvgIpc) is 3.15. The van der Waals surface area contributed by atoms with Crippen LogP contribution in [0.25, 0.3) is 6.08 Å². The number of hydrogen-bond acceptors (Lipinski definition) is 3. The van der Waals surface area contributed by atoms with Crippen LogP contribution in [0.4, 0.5) is 20.6 Å². The first-order chi connectivity index (χ1) is 17.3. The Hall–Kier alpha value is -2.64. The zero-order valence-electron chi connectivity index (χ0n) is 19.4. The molecule has 2 aromatic carbocycles. The number of urea groups is 1. The third kappa shape index (κ3) is 5.09. The SMILES string of the molecule is O=C(N(CC=Cc1ccc(Cl)cc1)c1cc(Cl)nc(Cl)c1)N1CC2(CCNCC2)c2cc(F)ccc21. The Labute approximate surface area is 224 Å². The Morgan fingerprint density at radius 2 is 1.75 bits per heavy atom. The molecule has 1 aromatic heterocycles. The number of nitrogens with one attached hydrogen (secondary N) is 1. The fourth-order valence-electron chi connectivity index (χ4n) is 5.06. The summed E-state index contributed by atoms with van der Waals surface area (Å²) in [6.07, 6.45) is 5.47. The van der Waals surface area contributed by atoms with E-state index in [1.807, 2.05) is 36.4 Å². The van der Waals surface area contributed by atoms with E-state index in [9.17, 15) is 9.18 Å². The molecule has 2 amide bonds. The summed E-state index contributed by atoms with van der Waals surface area (Å²) in [5, 5.41) is 4.41. The Bertz CT molecular complexity index is 1290. The molecule has 9 heteroatoms. The van der Waals surface area contributed by atoms with Gasteiger partial charge in [-0.05, 0) is 79.5 Å². The number of hydrogen-bond donors (Lipinski definition) is 1. The molecule has 0 bridgehead atoms. The maximum Gasteiger partial charge on any atom is 0.329 e. The van der Waals surface area contributed by atoms with Gasteiger partial charge in [0.1, 0.15) is 16.1 Å². The normalized spacial score (nSPS) is 16.5. The molecular weight excluding hydrogens is 522 g/mol. The van der Waals surface area contributed by atoms with Crippen molar-refractivity contribution in [1.82, 2.24) is 10.3 Å². The van der Waals surface area contributed by atoms with Crippen LogP contribution in [0.3, 0.4) is 0 Å². The summed E-state index contributed by atoms with van der Waals surface area (Å²) >= 11 is 18.4. The molecule has 36 heavy (non-hydrogen) atoms. The Morgan fingerprint density at radius 1 is 1.06 bits per heavy atom. The summed E-state index contributed by atoms with van der Waals surface area (Å²) in [4.78, 5) is 21.5. The molecule has 5 nitrogen and oxygen atoms in total. The molecule has 2 aliphatic rings. The topological polar surface area (TPSA) is 48.5 Å². The highest BCUT2D eigenvalue weighted by molar-refractivity contribution is 6.33. The number of nitrogens with zero attached hydrogens (tertiary/aromatic N) is 3. The third-order valence-corrected chi connectivity index (χ3v) is 7.47. The highest BCUT2D eigenvalue weighted by Gasteiger charge is 2.46. The lowest BCUT2D eigenvalue weighted by atomic mass is 9.75. The number of pyridine rings is 1. The van der Waals surface area contributed by atoms with Crippen molar-refractivity contribution in [2.24, 2.45) is 0 Å². The number of benzene rings is 2. The largest absolute Gasteiger partial charge is 0.329 e. The van der Waals surface area contributed by atoms with Crippen molar-refractivity contribution < 1.29 is 9.18 Å². The first-order valence-electron chi connectivity index (χ1n) is 11.7. The number of anilines is 2. The van der Waals surface area contributed by atoms with E-state index in [1.54, 1.807) is 34.1 Å². The van der Waals surface area contributed by atoms with E-state index in [0.717, 1.165) is 42.7 Å². The van der Waals surface area contributed by atoms with Crippen LogP contribution < -0.4 is 15.1 Å². The second-order valence-electron chi connectivity index (χ2n) is 9.10. The number of fused-ring (bicyclic) bond motifs is 2. The number of carbonyl (C=O) groups excluding carboxylic acids is 1. The molecule has 3 aromatic rings. The molecule has 5 rings (SSSR count). The zero-order chi connectivity index (χ0) is 25.3. The monoisotopic (exact) mass is 544 g/mol. The third-order valence-electron chi connectivity index (χ3n) is 6.83. The maximum absolute atomic E-state index is 14.3. The summed E-state index contributed by atoms with van der Waals surface area (Å²) in [6.45, 7) is 2.39. The van der Waals surface area contributed by atoms with E-state index in [-0.39, 0.29) is 34.1 Å². The average molecular weight is 546 g/mol. The van der Waals surface area contributed by atoms with Crippen LogP contribution in [0.5, 0.6) is 0 Å². The number of amides is 2. The standard InChI is InChI=1S/C27H24Cl3FN4O/c28-19-5-3-18(4-6-19)2-1-13-34(21-15-24(29)33-25(30)16-21)26(36)35-17-27(9-11-32-12-10-27)22-14-20(31)7-8-23(22)35/h1-8,14-16,32H,9-13,17H2. The molecule has 3 heterocycles. The van der Waals surface area contributed by atoms with E-state index >= 15 is 0 Å². The second kappa shape index (κ2) is 10.4. The van der Waals surface area contributed by atoms with Crippen molar-refractivity contribution in [2.75, 3.05) is 36.0 Å². The van der Waals surface area contributed by atoms with Crippen LogP contribution in [0.2, 0.25) is 15.3 Å². The number of rotatable bonds is 4. The minimum absolute atomic E-state index is 0.190. The van der Waals surface area contributed by atoms with Crippen LogP contribution in [-0.2, 0) is 5.41 Å². The Morgan fingerprint density at radius 3 is 2.44 bits per heavy atom. The van der Waals surface area contributed by atoms with Gasteiger partial charge in [0.05, 0.1) is 5.69 Å². The molecule has 0 unspecified atom stereocenters. The van der Waals surface area contributed by atoms with Gasteiger partial charge in [-0.2, -0.15) is 0 Å². The molecule has 1 fully saturated rings. The predicted molar refractivity (Wildman–Crippen MR) is 145 cm³/mol. The predicted octanol–water partition coefficient (Wildman–Crippen LogP) is 6.96. The Balaban J connectivity index is 1.50. The summed E-state index contributed by atoms with van der Waals surface area (Å²) in [6, 6.07) is 15.1. The zero-order valence-corrected chi connectivity index (χ0v) is 21.6. The van der Waals surface area contributed by atoms with Crippen molar-refractivity contribution in [3.63, 3.8) is 0 Å². The lowest BCUT2D eigenvalue weighted by molar-refractivity contribution is 0.249. The van der Waals surface area contributed by atoms with Crippen LogP contribution in [0.1, 0.15) is 24.0 Å². The van der Waals surface area contributed by atoms with Gasteiger partial charge in [-0.25, -0.2) is 14.2 Å². The fourth-order valence-corrected chi connectivity index (χ4v) is 5.64. The van der Waals surface area contributed by atoms with Crippen molar-refractivity contribution >= 4 is 58.3 Å². The first-order valence-corrected chi connectivity index (χ1v) is 12.8. The number of halogens is 4. The summed E-state index contributed by atoms with van der Waals surface area (Å²) in [5.41, 5.74) is 2.83. The molecule has 1 saturated heterocycles. The molecule has 1 spiro atoms. The molecule has 2 aliphatic heterocycles. The maximum atomic E-state index is 14.3. The van der Waals surface area contributed by atoms with E-state index in [0.29, 0.717) is 17.3 Å². The van der Waals surface area contributed by atoms with Gasteiger partial charge in [0.2, 0.25) is 0 Å². The highest BCUT2D eigenvalue weighted by atomic mass is 35.5. The lowest BCUT2D eigenvalue weighted by Gasteiger charge is -2.35. The summed E-state index contributed by atoms with van der Waals surface area (Å²) in [7, 11) is 0. The Kier molecular flexibility index (Phi) is 7.22. The van der Waals surface area contributed by atoms with E-state index in [1.165, 1.54) is 6.07 Å². The van der Waals surface area contributed by atoms with Gasteiger partial charge in [0, 0.05) is 29.2 Å². The number of carbonyl (C=O) groups is 1. The van der Waals surface area contributed by atoms with E-state index in [2.05, 4.69) is 10.3 Å². The van der Waals surface area contributed by atoms with Crippen LogP contribution in [0, 0.1) is 5.82 Å². The minimum Gasteiger partial charge on any atom is -0.317 e. The lowest BCUT2D eigenvalue weighted by Crippen LogP contribution is -2.48. The summed E-state index contributed by atoms with van der Waals surface area (Å²) in [5.74, 6) is -0.295. The quantitative estimate of drug-likeness (QED) is 0.361. The van der Waals surface area contributed by atoms with Crippen molar-refractivity contribution in [2.45, 2.75) is 18.3 Å². The van der Waals surface area contributed by atoms with Crippen molar-refractivity contribution in [3.05, 3.63) is 92.9 Å². The van der Waals surface area contributed by atoms with Crippen LogP contribution in [0.15, 0.2) is 60.7 Å². The fraction of sp³-hybridized carbons (Fsp3) is 0.259. The van der Waals surface area contributed by atoms with Crippen LogP contribution in [-0.4, -0.2) is 37.2 Å². The van der Waals surface area contributed by atoms with Gasteiger partial charge in [-0.3, -0.25) is 9.80 Å². The molecule has 1 N–H and O–H groups in total. The molecule has 0 radical (unpaired) electrons. The number of aromatic nitrogens is 1. The molecule has 0 atom stereocenters. The van der Waals surface area contributed by atoms with Gasteiger partial charge < -0.3 is 5.32 Å². The van der Waals surface area contributed by atoms with E-state index in [4.69, 9.17) is 34.8 Å². The van der Waals surface area contributed by atoms with E-state index < -0.39 is 0 Å². The minimum atomic E-state index is -0.295. The second-order valence-corrected chi connectivity index (χ2v) is 10.3. The van der Waals surface area contributed by atoms with Gasteiger partial charge in [0.25, 0.3) is 0 Å². The number of piperidine rings is 1. The van der Waals surface area contributed by atoms with Crippen molar-refractivity contribution in [1.29, 1.82) is 0 Å². The van der Waals surface area contributed by atoms with Crippen molar-refractivity contribution in [3.8, 4) is 0 Å². The van der Waals surface area contributed by atoms with Gasteiger partial charge in [-0.1, -0.05) is 59.1 Å². The summed E-state index contributed by atoms with van der Waals surface area (Å²) < 4.78 is 14.3. The molecule has 0 saturated carbocycles. The first kappa shape index (κ1) is 25.0. The van der Waals surface area contributed by atoms with Crippen LogP contribution >= 0.6 is 34.8 Å². The molecule has 0 aliphatic carbocycles. The highest BCUT2D eigenvalue weighted by Crippen LogP contribution is 2.47. The van der Waals surface area contributed by atoms with Gasteiger partial charge in [-0.15, -0.1) is 0 Å². The molecule has 186 valence electrons. The van der Waals surface area contributed by atoms with Gasteiger partial charge in [0.15, 0.2) is 0 Å². The smallest absolute Gasteiger partial charge is 0.317 e. The van der Waals surface area contributed by atoms with Gasteiger partial charge >= 0.3 is 6.03 Å².